The van der Waals surface area contributed by atoms with Crippen LogP contribution in [0.25, 0.3) is 111 Å². The van der Waals surface area contributed by atoms with Crippen molar-refractivity contribution in [2.45, 2.75) is 111 Å². The van der Waals surface area contributed by atoms with E-state index in [-0.39, 0.29) is 22.9 Å². The maximum atomic E-state index is 6.53. The number of aromatic nitrogens is 7. The van der Waals surface area contributed by atoms with E-state index in [1.54, 1.807) is 6.20 Å². The first-order valence-corrected chi connectivity index (χ1v) is 45.9. The van der Waals surface area contributed by atoms with Crippen LogP contribution in [0.3, 0.4) is 0 Å². The topological polar surface area (TPSA) is 173 Å². The largest absolute Gasteiger partial charge is 0.491 e. The molecule has 10 heterocycles. The van der Waals surface area contributed by atoms with E-state index in [0.717, 1.165) is 151 Å². The van der Waals surface area contributed by atoms with Gasteiger partial charge in [0.2, 0.25) is 0 Å². The zero-order valence-corrected chi connectivity index (χ0v) is 77.6. The molecule has 668 valence electrons. The van der Waals surface area contributed by atoms with E-state index in [1.807, 2.05) is 160 Å². The van der Waals surface area contributed by atoms with Crippen LogP contribution in [0, 0.1) is 13.8 Å². The molecular weight excluding hydrogens is 1660 g/mol. The van der Waals surface area contributed by atoms with Gasteiger partial charge in [-0.3, -0.25) is 19.9 Å². The van der Waals surface area contributed by atoms with Gasteiger partial charge in [0.15, 0.2) is 0 Å². The number of ether oxygens (including phenoxy) is 9. The van der Waals surface area contributed by atoms with E-state index >= 15 is 0 Å². The molecule has 7 aromatic heterocycles. The van der Waals surface area contributed by atoms with E-state index in [1.165, 1.54) is 33.4 Å². The highest BCUT2D eigenvalue weighted by Crippen LogP contribution is 2.48. The zero-order chi connectivity index (χ0) is 92.1. The SMILES string of the molecule is Cc1nc2c(ccc3cc(-c4ccc(Oc5ccc(-c6cccc(-c7ccc(COc8ccc(C(c9ccc(C(C)(C)C)cc9)(c9ccc(C(C)(C)C)cc9)c9ccc(C(C)(C)C)cc9)cc8)cn7)n6)nc5)cc4)c(C)nc32)cc1-c1ccc(OCc2cc3cc(c2)OCCOCCOc2ccc(cc2)-c2ccc4ccc5ccc(nc5c4n2)-c2ccc(cc2)OCCOCCO3)cc1. The van der Waals surface area contributed by atoms with Crippen molar-refractivity contribution in [1.29, 1.82) is 0 Å². The number of rotatable bonds is 16. The molecule has 0 fully saturated rings. The summed E-state index contributed by atoms with van der Waals surface area (Å²) < 4.78 is 56.0. The van der Waals surface area contributed by atoms with Crippen molar-refractivity contribution in [3.8, 4) is 114 Å². The van der Waals surface area contributed by atoms with Crippen molar-refractivity contribution >= 4 is 43.6 Å². The molecule has 3 aliphatic rings. The molecule has 21 rings (SSSR count). The highest BCUT2D eigenvalue weighted by atomic mass is 16.6. The highest BCUT2D eigenvalue weighted by molar-refractivity contribution is 6.06. The number of fused-ring (bicyclic) bond motifs is 5. The minimum absolute atomic E-state index is 0.00496. The fourth-order valence-electron chi connectivity index (χ4n) is 17.5. The van der Waals surface area contributed by atoms with Gasteiger partial charge >= 0.3 is 0 Å². The molecule has 0 radical (unpaired) electrons. The quantitative estimate of drug-likeness (QED) is 0.0660. The van der Waals surface area contributed by atoms with Crippen molar-refractivity contribution in [3.63, 3.8) is 0 Å². The van der Waals surface area contributed by atoms with Gasteiger partial charge in [0.1, 0.15) is 85.6 Å². The molecule has 0 amide bonds. The first-order chi connectivity index (χ1) is 65.0. The van der Waals surface area contributed by atoms with Crippen LogP contribution >= 0.6 is 0 Å². The summed E-state index contributed by atoms with van der Waals surface area (Å²) in [6.07, 6.45) is 3.59. The van der Waals surface area contributed by atoms with E-state index in [4.69, 9.17) is 77.5 Å². The Balaban J connectivity index is 0.466. The molecule has 0 unspecified atom stereocenters. The van der Waals surface area contributed by atoms with Gasteiger partial charge in [-0.15, -0.1) is 0 Å². The average Bonchev–Trinajstić information content (AvgIpc) is 0.729. The number of benzene rings is 11. The number of aryl methyl sites for hydroxylation is 2. The Morgan fingerprint density at radius 1 is 0.261 bits per heavy atom. The average molecular weight is 1770 g/mol. The van der Waals surface area contributed by atoms with Gasteiger partial charge in [-0.2, -0.15) is 0 Å². The van der Waals surface area contributed by atoms with Crippen molar-refractivity contribution in [1.82, 2.24) is 34.9 Å². The van der Waals surface area contributed by atoms with Crippen molar-refractivity contribution < 1.29 is 42.6 Å². The van der Waals surface area contributed by atoms with Crippen LogP contribution in [-0.2, 0) is 44.3 Å². The molecule has 134 heavy (non-hydrogen) atoms. The summed E-state index contributed by atoms with van der Waals surface area (Å²) in [4.78, 5) is 35.4. The lowest BCUT2D eigenvalue weighted by molar-refractivity contribution is 0.0746. The van der Waals surface area contributed by atoms with Gasteiger partial charge in [0.05, 0.1) is 94.3 Å². The first-order valence-electron chi connectivity index (χ1n) is 45.9. The lowest BCUT2D eigenvalue weighted by atomic mass is 9.64. The third kappa shape index (κ3) is 19.7. The van der Waals surface area contributed by atoms with Crippen LogP contribution in [0.1, 0.15) is 124 Å². The predicted molar refractivity (Wildman–Crippen MR) is 536 cm³/mol. The maximum Gasteiger partial charge on any atom is 0.145 e. The lowest BCUT2D eigenvalue weighted by Gasteiger charge is -2.38. The maximum absolute atomic E-state index is 6.53. The Kier molecular flexibility index (Phi) is 25.1. The Morgan fingerprint density at radius 3 is 1.01 bits per heavy atom. The molecule has 0 atom stereocenters. The normalized spacial score (nSPS) is 13.2. The molecule has 16 nitrogen and oxygen atoms in total. The third-order valence-corrected chi connectivity index (χ3v) is 24.9. The van der Waals surface area contributed by atoms with Crippen molar-refractivity contribution in [2.75, 3.05) is 52.9 Å². The Labute approximate surface area is 783 Å². The molecule has 0 N–H and O–H groups in total. The van der Waals surface area contributed by atoms with E-state index in [9.17, 15) is 0 Å². The summed E-state index contributed by atoms with van der Waals surface area (Å²) in [7, 11) is 0. The number of nitrogens with zero attached hydrogens (tertiary/aromatic N) is 7. The Morgan fingerprint density at radius 2 is 0.604 bits per heavy atom. The second-order valence-corrected chi connectivity index (χ2v) is 37.4. The van der Waals surface area contributed by atoms with Crippen LogP contribution in [-0.4, -0.2) is 87.7 Å². The monoisotopic (exact) mass is 1770 g/mol. The highest BCUT2D eigenvalue weighted by Gasteiger charge is 2.40. The van der Waals surface area contributed by atoms with E-state index in [2.05, 4.69) is 238 Å². The molecule has 18 aromatic rings. The van der Waals surface area contributed by atoms with Gasteiger partial charge in [-0.1, -0.05) is 220 Å². The standard InChI is InChI=1S/C118H107N7O9/c1-76-103(80-20-44-97(45-21-80)133-75-79-67-101-71-102(68-79)131-66-62-127-60-64-129-96-48-26-83(27-49-96)106-57-29-85-17-16-84-28-56-105(124-111(84)112(85)125-106)82-24-46-95(47-25-82)128-63-59-126-61-65-130-101)69-86-18-19-87-70-104(77(2)122-114(87)113(86)121-76)81-22-50-99(51-23-81)134-100-54-58-108(120-73-100)110-14-12-13-109(123-110)107-55-15-78(72-119-107)74-132-98-52-42-94(43-53-98)118(91-36-30-88(31-37-91)115(3,4)5,92-38-32-89(33-39-92)116(6,7)8)93-40-34-90(35-41-93)117(9,10)11/h12-58,67-73H,59-66,74-75H2,1-11H3. The fourth-order valence-corrected chi connectivity index (χ4v) is 17.5. The second kappa shape index (κ2) is 38.1. The Bertz CT molecular complexity index is 6950. The van der Waals surface area contributed by atoms with Gasteiger partial charge in [-0.25, -0.2) is 15.0 Å². The van der Waals surface area contributed by atoms with E-state index < -0.39 is 5.41 Å². The predicted octanol–water partition coefficient (Wildman–Crippen LogP) is 27.2. The summed E-state index contributed by atoms with van der Waals surface area (Å²) in [6.45, 7) is 28.0. The van der Waals surface area contributed by atoms with Gasteiger partial charge < -0.3 is 42.6 Å². The zero-order valence-electron chi connectivity index (χ0n) is 77.6. The summed E-state index contributed by atoms with van der Waals surface area (Å²) in [5.41, 5.74) is 25.6. The third-order valence-electron chi connectivity index (χ3n) is 24.9. The molecule has 11 aromatic carbocycles. The van der Waals surface area contributed by atoms with Crippen LogP contribution in [0.4, 0.5) is 0 Å². The minimum Gasteiger partial charge on any atom is -0.491 e. The number of hydrogen-bond acceptors (Lipinski definition) is 16. The molecule has 0 aliphatic carbocycles. The van der Waals surface area contributed by atoms with Gasteiger partial charge in [-0.05, 0) is 237 Å². The van der Waals surface area contributed by atoms with E-state index in [0.29, 0.717) is 93.9 Å². The molecule has 3 aliphatic heterocycles. The molecule has 16 heteroatoms. The summed E-state index contributed by atoms with van der Waals surface area (Å²) >= 11 is 0. The lowest BCUT2D eigenvalue weighted by Crippen LogP contribution is -2.31. The molecule has 0 spiro atoms. The fraction of sp³-hybridized carbons (Fsp3) is 0.212. The van der Waals surface area contributed by atoms with Crippen LogP contribution < -0.4 is 33.2 Å². The molecule has 0 saturated heterocycles. The van der Waals surface area contributed by atoms with Crippen LogP contribution in [0.2, 0.25) is 0 Å². The summed E-state index contributed by atoms with van der Waals surface area (Å²) in [5, 5.41) is 4.03. The summed E-state index contributed by atoms with van der Waals surface area (Å²) in [6, 6.07) is 109. The summed E-state index contributed by atoms with van der Waals surface area (Å²) in [5.74, 6) is 5.48. The smallest absolute Gasteiger partial charge is 0.145 e. The van der Waals surface area contributed by atoms with Crippen LogP contribution in [0.15, 0.2) is 328 Å². The van der Waals surface area contributed by atoms with Gasteiger partial charge in [0, 0.05) is 73.0 Å². The number of hydrogen-bond donors (Lipinski definition) is 0. The van der Waals surface area contributed by atoms with Crippen LogP contribution in [0.5, 0.6) is 46.0 Å². The Hall–Kier alpha value is -15.0. The van der Waals surface area contributed by atoms with Crippen molar-refractivity contribution in [3.05, 3.63) is 389 Å². The first kappa shape index (κ1) is 88.3. The minimum atomic E-state index is -0.631. The van der Waals surface area contributed by atoms with Gasteiger partial charge in [0.25, 0.3) is 0 Å². The molecule has 0 saturated carbocycles. The van der Waals surface area contributed by atoms with Crippen molar-refractivity contribution in [2.24, 2.45) is 0 Å². The molecular formula is C118H107N7O9. The number of pyridine rings is 7. The molecule has 10 bridgehead atoms. The second-order valence-electron chi connectivity index (χ2n) is 37.4.